The second-order valence-electron chi connectivity index (χ2n) is 8.27. The topological polar surface area (TPSA) is 108 Å². The first kappa shape index (κ1) is 22.8. The Hall–Kier alpha value is -2.91. The molecular weight excluding hydrogens is 434 g/mol. The minimum absolute atomic E-state index is 0.0520. The van der Waals surface area contributed by atoms with E-state index in [1.165, 1.54) is 35.6 Å². The van der Waals surface area contributed by atoms with Crippen LogP contribution in [-0.4, -0.2) is 24.4 Å². The molecule has 0 radical (unpaired) electrons. The molecule has 164 valence electrons. The van der Waals surface area contributed by atoms with Crippen LogP contribution in [0.3, 0.4) is 0 Å². The van der Waals surface area contributed by atoms with E-state index >= 15 is 0 Å². The number of anilines is 2. The van der Waals surface area contributed by atoms with Crippen LogP contribution in [0.4, 0.5) is 10.8 Å². The van der Waals surface area contributed by atoms with E-state index in [0.29, 0.717) is 27.6 Å². The van der Waals surface area contributed by atoms with E-state index < -0.39 is 15.4 Å². The third kappa shape index (κ3) is 5.23. The molecule has 9 heteroatoms. The fourth-order valence-corrected chi connectivity index (χ4v) is 5.06. The van der Waals surface area contributed by atoms with Crippen LogP contribution in [0.2, 0.25) is 0 Å². The van der Waals surface area contributed by atoms with E-state index in [1.54, 1.807) is 19.1 Å². The molecule has 0 aliphatic heterocycles. The molecular formula is C22H25N3O4S2. The number of sulfonamides is 1. The fourth-order valence-electron chi connectivity index (χ4n) is 2.77. The van der Waals surface area contributed by atoms with E-state index in [2.05, 4.69) is 15.0 Å². The van der Waals surface area contributed by atoms with Crippen LogP contribution in [0.15, 0.2) is 47.4 Å². The zero-order valence-corrected chi connectivity index (χ0v) is 19.6. The van der Waals surface area contributed by atoms with Crippen molar-refractivity contribution in [1.82, 2.24) is 4.98 Å². The number of hydrogen-bond donors (Lipinski definition) is 3. The van der Waals surface area contributed by atoms with Gasteiger partial charge in [0.2, 0.25) is 5.91 Å². The van der Waals surface area contributed by atoms with Gasteiger partial charge in [0.25, 0.3) is 10.0 Å². The molecule has 3 aromatic rings. The van der Waals surface area contributed by atoms with Gasteiger partial charge in [-0.15, -0.1) is 0 Å². The van der Waals surface area contributed by atoms with Crippen molar-refractivity contribution in [3.05, 3.63) is 53.7 Å². The van der Waals surface area contributed by atoms with Gasteiger partial charge in [-0.25, -0.2) is 13.4 Å². The summed E-state index contributed by atoms with van der Waals surface area (Å²) in [5, 5.41) is 12.7. The Labute approximate surface area is 186 Å². The van der Waals surface area contributed by atoms with Gasteiger partial charge in [0.05, 0.1) is 15.5 Å². The van der Waals surface area contributed by atoms with Crippen molar-refractivity contribution >= 4 is 38.1 Å². The predicted octanol–water partition coefficient (Wildman–Crippen LogP) is 4.92. The Morgan fingerprint density at radius 2 is 1.71 bits per heavy atom. The normalized spacial score (nSPS) is 11.9. The lowest BCUT2D eigenvalue weighted by Gasteiger charge is -2.15. The van der Waals surface area contributed by atoms with Crippen molar-refractivity contribution in [3.8, 4) is 16.2 Å². The molecule has 0 unspecified atom stereocenters. The smallest absolute Gasteiger partial charge is 0.262 e. The highest BCUT2D eigenvalue weighted by Gasteiger charge is 2.24. The van der Waals surface area contributed by atoms with Gasteiger partial charge in [-0.3, -0.25) is 9.52 Å². The number of benzene rings is 2. The Balaban J connectivity index is 1.94. The molecule has 0 aliphatic carbocycles. The second-order valence-corrected chi connectivity index (χ2v) is 10.9. The molecule has 31 heavy (non-hydrogen) atoms. The van der Waals surface area contributed by atoms with Crippen LogP contribution in [0.25, 0.3) is 10.4 Å². The summed E-state index contributed by atoms with van der Waals surface area (Å²) in [5.74, 6) is -0.0887. The average Bonchev–Trinajstić information content (AvgIpc) is 3.03. The van der Waals surface area contributed by atoms with Gasteiger partial charge in [0.15, 0.2) is 5.13 Å². The van der Waals surface area contributed by atoms with Crippen molar-refractivity contribution < 1.29 is 18.3 Å². The molecule has 1 amide bonds. The van der Waals surface area contributed by atoms with Crippen LogP contribution in [-0.2, 0) is 14.8 Å². The highest BCUT2D eigenvalue weighted by Crippen LogP contribution is 2.35. The highest BCUT2D eigenvalue weighted by atomic mass is 32.2. The quantitative estimate of drug-likeness (QED) is 0.470. The second kappa shape index (κ2) is 8.32. The number of carbonyl (C=O) groups is 1. The minimum atomic E-state index is -3.85. The van der Waals surface area contributed by atoms with Gasteiger partial charge >= 0.3 is 0 Å². The average molecular weight is 460 g/mol. The van der Waals surface area contributed by atoms with Crippen molar-refractivity contribution in [2.45, 2.75) is 39.5 Å². The number of nitrogens with zero attached hydrogens (tertiary/aromatic N) is 1. The molecule has 3 N–H and O–H groups in total. The standard InChI is InChI=1S/C22H25N3O4S2/c1-13-6-7-15(19-14(2)23-21(30-19)24-20(27)22(3,4)5)12-18(13)31(28,29)25-16-8-10-17(26)11-9-16/h6-12,25-26H,1-5H3,(H,23,24,27). The van der Waals surface area contributed by atoms with Crippen molar-refractivity contribution in [3.63, 3.8) is 0 Å². The maximum atomic E-state index is 13.0. The number of aromatic hydroxyl groups is 1. The van der Waals surface area contributed by atoms with E-state index in [4.69, 9.17) is 0 Å². The number of amides is 1. The summed E-state index contributed by atoms with van der Waals surface area (Å²) in [4.78, 5) is 17.6. The molecule has 1 aromatic heterocycles. The lowest BCUT2D eigenvalue weighted by Crippen LogP contribution is -2.27. The van der Waals surface area contributed by atoms with Gasteiger partial charge in [-0.05, 0) is 55.3 Å². The largest absolute Gasteiger partial charge is 0.508 e. The van der Waals surface area contributed by atoms with E-state index in [9.17, 15) is 18.3 Å². The highest BCUT2D eigenvalue weighted by molar-refractivity contribution is 7.92. The van der Waals surface area contributed by atoms with E-state index in [0.717, 1.165) is 4.88 Å². The number of nitrogens with one attached hydrogen (secondary N) is 2. The Kier molecular flexibility index (Phi) is 6.11. The monoisotopic (exact) mass is 459 g/mol. The molecule has 1 heterocycles. The van der Waals surface area contributed by atoms with Crippen LogP contribution in [0.5, 0.6) is 5.75 Å². The number of aryl methyl sites for hydroxylation is 2. The summed E-state index contributed by atoms with van der Waals surface area (Å²) in [7, 11) is -3.85. The van der Waals surface area contributed by atoms with Crippen LogP contribution >= 0.6 is 11.3 Å². The molecule has 0 bridgehead atoms. The van der Waals surface area contributed by atoms with Crippen LogP contribution < -0.4 is 10.0 Å². The summed E-state index contributed by atoms with van der Waals surface area (Å²) in [5.41, 5.74) is 1.79. The van der Waals surface area contributed by atoms with E-state index in [-0.39, 0.29) is 16.6 Å². The Morgan fingerprint density at radius 1 is 1.06 bits per heavy atom. The molecule has 2 aromatic carbocycles. The fraction of sp³-hybridized carbons (Fsp3) is 0.273. The summed E-state index contributed by atoms with van der Waals surface area (Å²) >= 11 is 1.30. The molecule has 7 nitrogen and oxygen atoms in total. The lowest BCUT2D eigenvalue weighted by molar-refractivity contribution is -0.123. The van der Waals surface area contributed by atoms with Crippen LogP contribution in [0, 0.1) is 19.3 Å². The Bertz CT molecular complexity index is 1220. The summed E-state index contributed by atoms with van der Waals surface area (Å²) in [6.07, 6.45) is 0. The number of thiazole rings is 1. The first-order valence-corrected chi connectivity index (χ1v) is 11.9. The first-order valence-electron chi connectivity index (χ1n) is 9.58. The van der Waals surface area contributed by atoms with Crippen molar-refractivity contribution in [2.24, 2.45) is 5.41 Å². The number of aromatic nitrogens is 1. The predicted molar refractivity (Wildman–Crippen MR) is 124 cm³/mol. The maximum Gasteiger partial charge on any atom is 0.262 e. The third-order valence-electron chi connectivity index (χ3n) is 4.56. The summed E-state index contributed by atoms with van der Waals surface area (Å²) < 4.78 is 28.5. The lowest BCUT2D eigenvalue weighted by atomic mass is 9.96. The molecule has 0 saturated carbocycles. The number of hydrogen-bond acceptors (Lipinski definition) is 6. The SMILES string of the molecule is Cc1ccc(-c2sc(NC(=O)C(C)(C)C)nc2C)cc1S(=O)(=O)Nc1ccc(O)cc1. The molecule has 0 atom stereocenters. The summed E-state index contributed by atoms with van der Waals surface area (Å²) in [6, 6.07) is 11.0. The molecule has 0 saturated heterocycles. The number of carbonyl (C=O) groups excluding carboxylic acids is 1. The molecule has 3 rings (SSSR count). The zero-order valence-electron chi connectivity index (χ0n) is 18.0. The van der Waals surface area contributed by atoms with Gasteiger partial charge in [-0.1, -0.05) is 44.2 Å². The van der Waals surface area contributed by atoms with Crippen LogP contribution in [0.1, 0.15) is 32.0 Å². The third-order valence-corrected chi connectivity index (χ3v) is 7.20. The zero-order chi connectivity index (χ0) is 23.0. The molecule has 0 spiro atoms. The number of phenolic OH excluding ortho intramolecular Hbond substituents is 1. The molecule has 0 fully saturated rings. The summed E-state index contributed by atoms with van der Waals surface area (Å²) in [6.45, 7) is 9.01. The van der Waals surface area contributed by atoms with Gasteiger partial charge in [0.1, 0.15) is 5.75 Å². The minimum Gasteiger partial charge on any atom is -0.508 e. The van der Waals surface area contributed by atoms with Gasteiger partial charge < -0.3 is 10.4 Å². The maximum absolute atomic E-state index is 13.0. The first-order chi connectivity index (χ1) is 14.4. The van der Waals surface area contributed by atoms with Crippen molar-refractivity contribution in [1.29, 1.82) is 0 Å². The van der Waals surface area contributed by atoms with Gasteiger partial charge in [-0.2, -0.15) is 0 Å². The Morgan fingerprint density at radius 3 is 2.32 bits per heavy atom. The van der Waals surface area contributed by atoms with E-state index in [1.807, 2.05) is 33.8 Å². The number of phenols is 1. The van der Waals surface area contributed by atoms with Gasteiger partial charge in [0, 0.05) is 11.1 Å². The molecule has 0 aliphatic rings. The number of rotatable bonds is 5. The van der Waals surface area contributed by atoms with Crippen molar-refractivity contribution in [2.75, 3.05) is 10.0 Å².